The van der Waals surface area contributed by atoms with Crippen molar-refractivity contribution in [1.29, 1.82) is 0 Å². The molecule has 0 unspecified atom stereocenters. The van der Waals surface area contributed by atoms with Gasteiger partial charge < -0.3 is 15.0 Å². The highest BCUT2D eigenvalue weighted by Crippen LogP contribution is 2.36. The Hall–Kier alpha value is -2.88. The first-order chi connectivity index (χ1) is 14.9. The van der Waals surface area contributed by atoms with Gasteiger partial charge in [-0.25, -0.2) is 4.79 Å². The van der Waals surface area contributed by atoms with Crippen LogP contribution in [0, 0.1) is 5.92 Å². The third-order valence-corrected chi connectivity index (χ3v) is 4.81. The third kappa shape index (κ3) is 6.09. The molecule has 11 heteroatoms. The number of hydrogen-bond donors (Lipinski definition) is 2. The number of aromatic nitrogens is 3. The number of ether oxygens (including phenoxy) is 1. The van der Waals surface area contributed by atoms with Crippen molar-refractivity contribution in [3.05, 3.63) is 72.7 Å². The zero-order valence-corrected chi connectivity index (χ0v) is 20.0. The van der Waals surface area contributed by atoms with Gasteiger partial charge in [-0.05, 0) is 38.2 Å². The molecule has 0 fully saturated rings. The molecule has 0 spiro atoms. The molecule has 9 nitrogen and oxygen atoms in total. The number of carbonyl (C=O) groups is 1. The summed E-state index contributed by atoms with van der Waals surface area (Å²) < 4.78 is 6.68. The predicted octanol–water partition coefficient (Wildman–Crippen LogP) is 2.51. The lowest BCUT2D eigenvalue weighted by Gasteiger charge is -2.15. The zero-order valence-electron chi connectivity index (χ0n) is 18.5. The molecule has 0 saturated heterocycles. The summed E-state index contributed by atoms with van der Waals surface area (Å²) in [6.45, 7) is 7.76. The standard InChI is InChI=1S/C21H25Cl2N5O4/c1-11(2)14(19(29)24-4)7-12(3)32-18-15(22)8-13(9-16(18)23)28-21(31)25-20(30)17(26-28)10-27(5)6/h7-9,11H,3,10H2,1-2,4-6H3,(H,24,29)(H,25,30,31)/b14-7-. The fraction of sp³-hybridized carbons (Fsp3) is 0.333. The van der Waals surface area contributed by atoms with Crippen molar-refractivity contribution < 1.29 is 9.53 Å². The fourth-order valence-electron chi connectivity index (χ4n) is 2.75. The van der Waals surface area contributed by atoms with Crippen molar-refractivity contribution in [1.82, 2.24) is 25.0 Å². The van der Waals surface area contributed by atoms with Crippen molar-refractivity contribution in [3.8, 4) is 11.4 Å². The smallest absolute Gasteiger partial charge is 0.349 e. The number of halogens is 2. The van der Waals surface area contributed by atoms with Crippen LogP contribution in [0.5, 0.6) is 5.75 Å². The molecule has 1 heterocycles. The van der Waals surface area contributed by atoms with Crippen LogP contribution in [0.1, 0.15) is 19.5 Å². The molecule has 0 aliphatic carbocycles. The van der Waals surface area contributed by atoms with Crippen LogP contribution in [0.3, 0.4) is 0 Å². The lowest BCUT2D eigenvalue weighted by atomic mass is 10.0. The van der Waals surface area contributed by atoms with Crippen LogP contribution in [0.4, 0.5) is 0 Å². The molecule has 1 aromatic carbocycles. The van der Waals surface area contributed by atoms with Crippen LogP contribution in [0.25, 0.3) is 5.69 Å². The summed E-state index contributed by atoms with van der Waals surface area (Å²) in [5.74, 6) is -0.0710. The normalized spacial score (nSPS) is 11.7. The number of nitrogens with one attached hydrogen (secondary N) is 2. The van der Waals surface area contributed by atoms with Gasteiger partial charge in [-0.2, -0.15) is 9.78 Å². The van der Waals surface area contributed by atoms with Crippen molar-refractivity contribution in [2.24, 2.45) is 5.92 Å². The first-order valence-electron chi connectivity index (χ1n) is 9.61. The maximum absolute atomic E-state index is 12.3. The Morgan fingerprint density at radius 3 is 2.41 bits per heavy atom. The highest BCUT2D eigenvalue weighted by molar-refractivity contribution is 6.37. The second-order valence-electron chi connectivity index (χ2n) is 7.50. The van der Waals surface area contributed by atoms with Gasteiger partial charge in [0.25, 0.3) is 5.56 Å². The minimum Gasteiger partial charge on any atom is -0.455 e. The van der Waals surface area contributed by atoms with E-state index in [2.05, 4.69) is 22.0 Å². The van der Waals surface area contributed by atoms with Crippen molar-refractivity contribution in [3.63, 3.8) is 0 Å². The van der Waals surface area contributed by atoms with Gasteiger partial charge >= 0.3 is 5.69 Å². The fourth-order valence-corrected chi connectivity index (χ4v) is 3.30. The van der Waals surface area contributed by atoms with E-state index in [0.29, 0.717) is 5.57 Å². The molecule has 0 aliphatic rings. The zero-order chi connectivity index (χ0) is 24.2. The largest absolute Gasteiger partial charge is 0.455 e. The molecule has 0 aliphatic heterocycles. The molecule has 2 aromatic rings. The van der Waals surface area contributed by atoms with Gasteiger partial charge in [-0.3, -0.25) is 14.6 Å². The monoisotopic (exact) mass is 481 g/mol. The molecule has 0 bridgehead atoms. The maximum atomic E-state index is 12.3. The van der Waals surface area contributed by atoms with Gasteiger partial charge in [0, 0.05) is 19.2 Å². The van der Waals surface area contributed by atoms with Gasteiger partial charge in [0.05, 0.1) is 15.7 Å². The Kier molecular flexibility index (Phi) is 8.43. The Bertz CT molecular complexity index is 1160. The number of carbonyl (C=O) groups excluding carboxylic acids is 1. The average molecular weight is 482 g/mol. The summed E-state index contributed by atoms with van der Waals surface area (Å²) in [5, 5.41) is 6.87. The Morgan fingerprint density at radius 1 is 1.31 bits per heavy atom. The lowest BCUT2D eigenvalue weighted by Crippen LogP contribution is -2.35. The number of amides is 1. The average Bonchev–Trinajstić information content (AvgIpc) is 2.69. The van der Waals surface area contributed by atoms with Crippen molar-refractivity contribution >= 4 is 29.1 Å². The van der Waals surface area contributed by atoms with Crippen LogP contribution in [-0.4, -0.2) is 46.7 Å². The van der Waals surface area contributed by atoms with Crippen LogP contribution >= 0.6 is 23.2 Å². The number of H-pyrrole nitrogens is 1. The summed E-state index contributed by atoms with van der Waals surface area (Å²) in [5.41, 5.74) is -0.451. The third-order valence-electron chi connectivity index (χ3n) is 4.25. The summed E-state index contributed by atoms with van der Waals surface area (Å²) >= 11 is 12.7. The number of nitrogens with zero attached hydrogens (tertiary/aromatic N) is 3. The van der Waals surface area contributed by atoms with Gasteiger partial charge in [0.2, 0.25) is 5.91 Å². The second-order valence-corrected chi connectivity index (χ2v) is 8.31. The van der Waals surface area contributed by atoms with Crippen LogP contribution in [0.15, 0.2) is 45.7 Å². The van der Waals surface area contributed by atoms with E-state index in [1.807, 2.05) is 13.8 Å². The molecule has 172 valence electrons. The summed E-state index contributed by atoms with van der Waals surface area (Å²) in [6, 6.07) is 2.85. The predicted molar refractivity (Wildman–Crippen MR) is 125 cm³/mol. The first-order valence-corrected chi connectivity index (χ1v) is 10.4. The van der Waals surface area contributed by atoms with E-state index in [0.717, 1.165) is 4.68 Å². The number of likely N-dealkylation sites (N-methyl/N-ethyl adjacent to an activating group) is 1. The van der Waals surface area contributed by atoms with E-state index in [1.165, 1.54) is 25.3 Å². The molecule has 0 saturated carbocycles. The molecule has 2 N–H and O–H groups in total. The molecular formula is C21H25Cl2N5O4. The first kappa shape index (κ1) is 25.4. The van der Waals surface area contributed by atoms with Gasteiger partial charge in [-0.15, -0.1) is 0 Å². The highest BCUT2D eigenvalue weighted by Gasteiger charge is 2.17. The highest BCUT2D eigenvalue weighted by atomic mass is 35.5. The van der Waals surface area contributed by atoms with Crippen LogP contribution in [-0.2, 0) is 11.3 Å². The topological polar surface area (TPSA) is 109 Å². The van der Waals surface area contributed by atoms with E-state index < -0.39 is 11.2 Å². The molecular weight excluding hydrogens is 457 g/mol. The minimum absolute atomic E-state index is 0.0711. The molecule has 0 atom stereocenters. The number of hydrogen-bond acceptors (Lipinski definition) is 6. The van der Waals surface area contributed by atoms with E-state index in [9.17, 15) is 14.4 Å². The lowest BCUT2D eigenvalue weighted by molar-refractivity contribution is -0.117. The Morgan fingerprint density at radius 2 is 1.91 bits per heavy atom. The van der Waals surface area contributed by atoms with Gasteiger partial charge in [-0.1, -0.05) is 43.6 Å². The summed E-state index contributed by atoms with van der Waals surface area (Å²) in [4.78, 5) is 40.3. The number of aromatic amines is 1. The Balaban J connectivity index is 2.44. The van der Waals surface area contributed by atoms with Gasteiger partial charge in [0.15, 0.2) is 5.75 Å². The van der Waals surface area contributed by atoms with Crippen LogP contribution in [0.2, 0.25) is 10.0 Å². The van der Waals surface area contributed by atoms with Crippen molar-refractivity contribution in [2.75, 3.05) is 21.1 Å². The molecule has 0 radical (unpaired) electrons. The maximum Gasteiger partial charge on any atom is 0.349 e. The van der Waals surface area contributed by atoms with Gasteiger partial charge in [0.1, 0.15) is 11.5 Å². The minimum atomic E-state index is -0.738. The molecule has 1 aromatic heterocycles. The molecule has 1 amide bonds. The van der Waals surface area contributed by atoms with E-state index in [4.69, 9.17) is 27.9 Å². The van der Waals surface area contributed by atoms with E-state index >= 15 is 0 Å². The number of benzene rings is 1. The quantitative estimate of drug-likeness (QED) is 0.340. The number of rotatable bonds is 8. The summed E-state index contributed by atoms with van der Waals surface area (Å²) in [7, 11) is 5.07. The number of allylic oxidation sites excluding steroid dienone is 1. The molecule has 32 heavy (non-hydrogen) atoms. The van der Waals surface area contributed by atoms with E-state index in [1.54, 1.807) is 19.0 Å². The second kappa shape index (κ2) is 10.6. The Labute approximate surface area is 195 Å². The summed E-state index contributed by atoms with van der Waals surface area (Å²) in [6.07, 6.45) is 1.51. The van der Waals surface area contributed by atoms with Crippen LogP contribution < -0.4 is 21.3 Å². The van der Waals surface area contributed by atoms with Crippen molar-refractivity contribution in [2.45, 2.75) is 20.4 Å². The molecule has 2 rings (SSSR count). The SMILES string of the molecule is C=C(/C=C(\C(=O)NC)C(C)C)Oc1c(Cl)cc(-n2nc(CN(C)C)c(=O)[nH]c2=O)cc1Cl. The van der Waals surface area contributed by atoms with E-state index in [-0.39, 0.29) is 51.3 Å².